The Hall–Kier alpha value is -1.75. The van der Waals surface area contributed by atoms with Crippen LogP contribution in [-0.2, 0) is 28.6 Å². The molecule has 280 valence electrons. The zero-order valence-electron chi connectivity index (χ0n) is 31.3. The quantitative estimate of drug-likeness (QED) is 0.359. The molecule has 13 atom stereocenters. The highest BCUT2D eigenvalue weighted by Crippen LogP contribution is 2.89. The Kier molecular flexibility index (Phi) is 8.38. The maximum atomic E-state index is 12.9. The lowest BCUT2D eigenvalue weighted by Crippen LogP contribution is -2.60. The molecule has 8 fully saturated rings. The number of ether oxygens (including phenoxy) is 3. The zero-order chi connectivity index (χ0) is 35.6. The van der Waals surface area contributed by atoms with Crippen LogP contribution in [0.1, 0.15) is 112 Å². The van der Waals surface area contributed by atoms with Gasteiger partial charge in [-0.25, -0.2) is 0 Å². The second-order valence-corrected chi connectivity index (χ2v) is 19.3. The fourth-order valence-corrected chi connectivity index (χ4v) is 14.3. The van der Waals surface area contributed by atoms with Gasteiger partial charge in [-0.05, 0) is 115 Å². The van der Waals surface area contributed by atoms with Gasteiger partial charge in [0.05, 0.1) is 37.6 Å². The number of amides is 2. The molecule has 50 heavy (non-hydrogen) atoms. The van der Waals surface area contributed by atoms with Crippen LogP contribution in [0.5, 0.6) is 0 Å². The summed E-state index contributed by atoms with van der Waals surface area (Å²) in [5.41, 5.74) is 0.119. The lowest BCUT2D eigenvalue weighted by atomic mass is 9.41. The van der Waals surface area contributed by atoms with E-state index >= 15 is 0 Å². The second-order valence-electron chi connectivity index (χ2n) is 19.3. The van der Waals surface area contributed by atoms with Crippen molar-refractivity contribution in [1.82, 2.24) is 9.80 Å². The summed E-state index contributed by atoms with van der Waals surface area (Å²) in [6, 6.07) is 0. The first-order valence-electron chi connectivity index (χ1n) is 19.9. The van der Waals surface area contributed by atoms with Crippen LogP contribution in [0.3, 0.4) is 0 Å². The molecule has 2 heterocycles. The predicted octanol–water partition coefficient (Wildman–Crippen LogP) is 5.10. The average molecular weight is 699 g/mol. The van der Waals surface area contributed by atoms with E-state index in [2.05, 4.69) is 34.6 Å². The van der Waals surface area contributed by atoms with Crippen molar-refractivity contribution in [2.75, 3.05) is 32.8 Å². The summed E-state index contributed by atoms with van der Waals surface area (Å²) in [6.07, 6.45) is 10.2. The molecule has 2 aliphatic heterocycles. The molecule has 0 bridgehead atoms. The SMILES string of the molecule is CC(=O)N(CC(=O)O)CC1CC(C)C2C(O1)C(O)C1(C)C3CCC4C(C)(C)C(OC5CN(C(=O)CC6CC6)CCO5)CCC45CC35CCC21C. The van der Waals surface area contributed by atoms with Crippen molar-refractivity contribution < 1.29 is 38.8 Å². The fourth-order valence-electron chi connectivity index (χ4n) is 14.3. The third-order valence-corrected chi connectivity index (χ3v) is 16.9. The molecule has 8 aliphatic rings. The summed E-state index contributed by atoms with van der Waals surface area (Å²) in [5.74, 6) is 1.02. The number of aliphatic hydroxyl groups excluding tert-OH is 1. The standard InChI is InChI=1S/C40H62N2O8/c1-23-17-26(19-42(24(2)43)20-31(45)46)49-34-33(23)37(5)13-14-40-22-39(40)12-11-29(36(3,4)27(39)9-10-28(40)38(37,6)35(34)47)50-32-21-41(15-16-48-32)30(44)18-25-7-8-25/h23,25-29,32-35,47H,7-22H2,1-6H3,(H,45,46). The van der Waals surface area contributed by atoms with Gasteiger partial charge in [0.25, 0.3) is 0 Å². The molecular weight excluding hydrogens is 636 g/mol. The van der Waals surface area contributed by atoms with Gasteiger partial charge in [-0.3, -0.25) is 14.4 Å². The van der Waals surface area contributed by atoms with Gasteiger partial charge in [-0.1, -0.05) is 34.6 Å². The fraction of sp³-hybridized carbons (Fsp3) is 0.925. The third kappa shape index (κ3) is 5.03. The van der Waals surface area contributed by atoms with Gasteiger partial charge in [0.1, 0.15) is 6.54 Å². The first kappa shape index (κ1) is 35.3. The van der Waals surface area contributed by atoms with Crippen molar-refractivity contribution in [3.05, 3.63) is 0 Å². The number of hydrogen-bond donors (Lipinski definition) is 2. The molecule has 0 aromatic heterocycles. The van der Waals surface area contributed by atoms with Crippen LogP contribution < -0.4 is 0 Å². The number of morpholine rings is 1. The Balaban J connectivity index is 0.987. The Morgan fingerprint density at radius 2 is 1.70 bits per heavy atom. The zero-order valence-corrected chi connectivity index (χ0v) is 31.3. The number of aliphatic carboxylic acids is 1. The summed E-state index contributed by atoms with van der Waals surface area (Å²) in [7, 11) is 0. The minimum absolute atomic E-state index is 0.0241. The monoisotopic (exact) mass is 698 g/mol. The van der Waals surface area contributed by atoms with Gasteiger partial charge in [0, 0.05) is 31.8 Å². The number of carbonyl (C=O) groups is 3. The molecule has 13 unspecified atom stereocenters. The van der Waals surface area contributed by atoms with Crippen molar-refractivity contribution in [2.24, 2.45) is 56.7 Å². The third-order valence-electron chi connectivity index (χ3n) is 16.9. The molecule has 6 saturated carbocycles. The first-order chi connectivity index (χ1) is 23.6. The van der Waals surface area contributed by atoms with Crippen molar-refractivity contribution in [2.45, 2.75) is 143 Å². The highest BCUT2D eigenvalue weighted by Gasteiger charge is 2.84. The molecule has 0 radical (unpaired) electrons. The molecule has 2 spiro atoms. The number of fused-ring (bicyclic) bond motifs is 4. The molecule has 10 nitrogen and oxygen atoms in total. The molecule has 8 rings (SSSR count). The number of carboxylic acids is 1. The predicted molar refractivity (Wildman–Crippen MR) is 185 cm³/mol. The number of hydrogen-bond acceptors (Lipinski definition) is 7. The number of carbonyl (C=O) groups excluding carboxylic acids is 2. The second kappa shape index (κ2) is 11.9. The van der Waals surface area contributed by atoms with E-state index in [0.29, 0.717) is 49.8 Å². The van der Waals surface area contributed by atoms with E-state index in [9.17, 15) is 24.6 Å². The highest BCUT2D eigenvalue weighted by atomic mass is 16.7. The lowest BCUT2D eigenvalue weighted by Gasteiger charge is -2.64. The normalized spacial score (nSPS) is 48.7. The van der Waals surface area contributed by atoms with Gasteiger partial charge in [-0.15, -0.1) is 0 Å². The summed E-state index contributed by atoms with van der Waals surface area (Å²) in [4.78, 5) is 40.0. The van der Waals surface area contributed by atoms with Crippen LogP contribution in [0.15, 0.2) is 0 Å². The Labute approximate surface area is 298 Å². The molecule has 6 aliphatic carbocycles. The Morgan fingerprint density at radius 1 is 0.980 bits per heavy atom. The summed E-state index contributed by atoms with van der Waals surface area (Å²) >= 11 is 0. The van der Waals surface area contributed by atoms with E-state index in [1.807, 2.05) is 4.90 Å². The van der Waals surface area contributed by atoms with E-state index in [-0.39, 0.29) is 82.5 Å². The number of carboxylic acid groups (broad SMARTS) is 1. The van der Waals surface area contributed by atoms with E-state index < -0.39 is 12.1 Å². The van der Waals surface area contributed by atoms with Crippen LogP contribution >= 0.6 is 0 Å². The van der Waals surface area contributed by atoms with Gasteiger partial charge in [-0.2, -0.15) is 0 Å². The minimum Gasteiger partial charge on any atom is -0.480 e. The van der Waals surface area contributed by atoms with E-state index in [1.165, 1.54) is 37.5 Å². The smallest absolute Gasteiger partial charge is 0.323 e. The number of rotatable bonds is 8. The van der Waals surface area contributed by atoms with Crippen LogP contribution in [0.25, 0.3) is 0 Å². The van der Waals surface area contributed by atoms with E-state index in [1.54, 1.807) is 0 Å². The highest BCUT2D eigenvalue weighted by molar-refractivity contribution is 5.79. The van der Waals surface area contributed by atoms with Crippen LogP contribution in [0, 0.1) is 56.7 Å². The summed E-state index contributed by atoms with van der Waals surface area (Å²) < 4.78 is 19.7. The van der Waals surface area contributed by atoms with Crippen molar-refractivity contribution in [3.8, 4) is 0 Å². The van der Waals surface area contributed by atoms with E-state index in [0.717, 1.165) is 38.5 Å². The molecule has 2 N–H and O–H groups in total. The van der Waals surface area contributed by atoms with Crippen LogP contribution in [0.4, 0.5) is 0 Å². The number of nitrogens with zero attached hydrogens (tertiary/aromatic N) is 2. The van der Waals surface area contributed by atoms with E-state index in [4.69, 9.17) is 14.2 Å². The average Bonchev–Trinajstić information content (AvgIpc) is 3.97. The lowest BCUT2D eigenvalue weighted by molar-refractivity contribution is -0.248. The van der Waals surface area contributed by atoms with Crippen molar-refractivity contribution >= 4 is 17.8 Å². The topological polar surface area (TPSA) is 126 Å². The van der Waals surface area contributed by atoms with Crippen molar-refractivity contribution in [3.63, 3.8) is 0 Å². The number of aliphatic hydroxyl groups is 1. The maximum Gasteiger partial charge on any atom is 0.323 e. The van der Waals surface area contributed by atoms with Gasteiger partial charge >= 0.3 is 5.97 Å². The van der Waals surface area contributed by atoms with Crippen LogP contribution in [0.2, 0.25) is 0 Å². The molecular formula is C40H62N2O8. The van der Waals surface area contributed by atoms with Gasteiger partial charge in [0.15, 0.2) is 6.29 Å². The Morgan fingerprint density at radius 3 is 2.40 bits per heavy atom. The van der Waals surface area contributed by atoms with Crippen molar-refractivity contribution in [1.29, 1.82) is 0 Å². The summed E-state index contributed by atoms with van der Waals surface area (Å²) in [6.45, 7) is 15.0. The first-order valence-corrected chi connectivity index (χ1v) is 19.9. The van der Waals surface area contributed by atoms with Crippen LogP contribution in [-0.4, -0.2) is 101 Å². The Bertz CT molecular complexity index is 1400. The molecule has 2 saturated heterocycles. The minimum atomic E-state index is -1.03. The molecule has 0 aromatic carbocycles. The van der Waals surface area contributed by atoms with Gasteiger partial charge in [0.2, 0.25) is 11.8 Å². The van der Waals surface area contributed by atoms with Gasteiger partial charge < -0.3 is 34.2 Å². The molecule has 10 heteroatoms. The molecule has 2 amide bonds. The summed E-state index contributed by atoms with van der Waals surface area (Å²) in [5, 5.41) is 21.9. The largest absolute Gasteiger partial charge is 0.480 e. The maximum absolute atomic E-state index is 12.9. The molecule has 0 aromatic rings.